The van der Waals surface area contributed by atoms with Gasteiger partial charge in [-0.1, -0.05) is 109 Å². The summed E-state index contributed by atoms with van der Waals surface area (Å²) >= 11 is 0. The summed E-state index contributed by atoms with van der Waals surface area (Å²) in [6.45, 7) is 0. The molecule has 9 rings (SSSR count). The smallest absolute Gasteiger partial charge is 0.164 e. The average molecular weight is 604 g/mol. The second-order valence-electron chi connectivity index (χ2n) is 11.4. The van der Waals surface area contributed by atoms with Crippen molar-refractivity contribution in [1.82, 2.24) is 24.9 Å². The zero-order valence-corrected chi connectivity index (χ0v) is 25.1. The van der Waals surface area contributed by atoms with Crippen LogP contribution in [0.15, 0.2) is 156 Å². The van der Waals surface area contributed by atoms with Crippen LogP contribution in [0.25, 0.3) is 89.4 Å². The summed E-state index contributed by atoms with van der Waals surface area (Å²) in [6, 6.07) is 47.0. The van der Waals surface area contributed by atoms with Gasteiger partial charge in [0.2, 0.25) is 0 Å². The van der Waals surface area contributed by atoms with Crippen LogP contribution in [-0.4, -0.2) is 24.9 Å². The van der Waals surface area contributed by atoms with Crippen molar-refractivity contribution in [3.05, 3.63) is 152 Å². The number of hydrogen-bond acceptors (Lipinski definition) is 6. The van der Waals surface area contributed by atoms with Crippen molar-refractivity contribution in [3.8, 4) is 56.7 Å². The van der Waals surface area contributed by atoms with Gasteiger partial charge in [0, 0.05) is 39.0 Å². The van der Waals surface area contributed by atoms with Gasteiger partial charge in [-0.15, -0.1) is 0 Å². The van der Waals surface area contributed by atoms with Crippen molar-refractivity contribution in [2.24, 2.45) is 0 Å². The maximum absolute atomic E-state index is 6.00. The molecule has 0 unspecified atom stereocenters. The van der Waals surface area contributed by atoms with Gasteiger partial charge in [0.1, 0.15) is 5.58 Å². The molecular weight excluding hydrogens is 578 g/mol. The van der Waals surface area contributed by atoms with Gasteiger partial charge in [-0.25, -0.2) is 15.0 Å². The number of furan rings is 1. The molecule has 0 fully saturated rings. The van der Waals surface area contributed by atoms with E-state index in [9.17, 15) is 0 Å². The molecule has 4 heterocycles. The Morgan fingerprint density at radius 3 is 1.81 bits per heavy atom. The fraction of sp³-hybridized carbons (Fsp3) is 0. The Balaban J connectivity index is 1.12. The molecule has 0 bridgehead atoms. The van der Waals surface area contributed by atoms with E-state index >= 15 is 0 Å². The van der Waals surface area contributed by atoms with Gasteiger partial charge < -0.3 is 4.42 Å². The first kappa shape index (κ1) is 26.8. The van der Waals surface area contributed by atoms with Crippen LogP contribution in [0.2, 0.25) is 0 Å². The predicted octanol–water partition coefficient (Wildman–Crippen LogP) is 10.0. The molecule has 0 aliphatic rings. The predicted molar refractivity (Wildman–Crippen MR) is 187 cm³/mol. The standard InChI is InChI=1S/C41H25N5O/c1-3-10-26(11-4-1)39-44-40(27-12-5-2-6-13-27)46-41(45-39)31-15-9-14-28(23-31)29-18-19-32-30(22-29)20-21-42-38(32)35-24-34-33-16-7-8-17-36(33)47-37(34)25-43-35/h1-25H. The van der Waals surface area contributed by atoms with E-state index in [4.69, 9.17) is 29.3 Å². The highest BCUT2D eigenvalue weighted by molar-refractivity contribution is 6.06. The zero-order chi connectivity index (χ0) is 31.2. The molecule has 6 heteroatoms. The third-order valence-electron chi connectivity index (χ3n) is 8.43. The number of benzene rings is 5. The lowest BCUT2D eigenvalue weighted by Gasteiger charge is -2.11. The molecule has 0 amide bonds. The molecule has 0 saturated heterocycles. The molecule has 4 aromatic heterocycles. The van der Waals surface area contributed by atoms with Crippen molar-refractivity contribution >= 4 is 32.7 Å². The Kier molecular flexibility index (Phi) is 6.35. The second-order valence-corrected chi connectivity index (χ2v) is 11.4. The molecule has 6 nitrogen and oxygen atoms in total. The zero-order valence-electron chi connectivity index (χ0n) is 25.1. The first-order chi connectivity index (χ1) is 23.3. The molecule has 0 aliphatic carbocycles. The third kappa shape index (κ3) is 4.89. The summed E-state index contributed by atoms with van der Waals surface area (Å²) in [5.74, 6) is 1.90. The lowest BCUT2D eigenvalue weighted by molar-refractivity contribution is 0.667. The number of nitrogens with zero attached hydrogens (tertiary/aromatic N) is 5. The van der Waals surface area contributed by atoms with Gasteiger partial charge in [-0.3, -0.25) is 9.97 Å². The van der Waals surface area contributed by atoms with Crippen molar-refractivity contribution in [2.75, 3.05) is 0 Å². The van der Waals surface area contributed by atoms with Crippen LogP contribution in [0.4, 0.5) is 0 Å². The molecule has 0 aliphatic heterocycles. The number of pyridine rings is 2. The Morgan fingerprint density at radius 2 is 1.04 bits per heavy atom. The van der Waals surface area contributed by atoms with Crippen LogP contribution < -0.4 is 0 Å². The highest BCUT2D eigenvalue weighted by Gasteiger charge is 2.15. The van der Waals surface area contributed by atoms with Gasteiger partial charge in [0.05, 0.1) is 17.6 Å². The maximum Gasteiger partial charge on any atom is 0.164 e. The minimum Gasteiger partial charge on any atom is -0.454 e. The summed E-state index contributed by atoms with van der Waals surface area (Å²) < 4.78 is 6.00. The minimum absolute atomic E-state index is 0.625. The van der Waals surface area contributed by atoms with Gasteiger partial charge in [0.15, 0.2) is 23.1 Å². The van der Waals surface area contributed by atoms with Gasteiger partial charge >= 0.3 is 0 Å². The molecule has 0 N–H and O–H groups in total. The summed E-state index contributed by atoms with van der Waals surface area (Å²) in [5, 5.41) is 4.21. The van der Waals surface area contributed by atoms with Crippen molar-refractivity contribution in [3.63, 3.8) is 0 Å². The molecule has 0 saturated carbocycles. The van der Waals surface area contributed by atoms with Crippen molar-refractivity contribution in [1.29, 1.82) is 0 Å². The first-order valence-electron chi connectivity index (χ1n) is 15.4. The van der Waals surface area contributed by atoms with E-state index in [1.165, 1.54) is 0 Å². The van der Waals surface area contributed by atoms with E-state index < -0.39 is 0 Å². The second kappa shape index (κ2) is 11.1. The van der Waals surface area contributed by atoms with Crippen molar-refractivity contribution < 1.29 is 4.42 Å². The Labute approximate surface area is 270 Å². The van der Waals surface area contributed by atoms with Gasteiger partial charge in [-0.2, -0.15) is 0 Å². The van der Waals surface area contributed by atoms with E-state index in [0.29, 0.717) is 17.5 Å². The van der Waals surface area contributed by atoms with Crippen LogP contribution in [0.5, 0.6) is 0 Å². The highest BCUT2D eigenvalue weighted by atomic mass is 16.3. The van der Waals surface area contributed by atoms with Crippen molar-refractivity contribution in [2.45, 2.75) is 0 Å². The first-order valence-corrected chi connectivity index (χ1v) is 15.4. The highest BCUT2D eigenvalue weighted by Crippen LogP contribution is 2.35. The summed E-state index contributed by atoms with van der Waals surface area (Å²) in [4.78, 5) is 24.2. The normalized spacial score (nSPS) is 11.4. The van der Waals surface area contributed by atoms with E-state index in [2.05, 4.69) is 48.5 Å². The quantitative estimate of drug-likeness (QED) is 0.195. The SMILES string of the molecule is c1ccc(-c2nc(-c3ccccc3)nc(-c3cccc(-c4ccc5c(-c6cc7c(cn6)oc6ccccc67)nccc5c4)c3)n2)cc1. The van der Waals surface area contributed by atoms with Crippen LogP contribution in [-0.2, 0) is 0 Å². The van der Waals surface area contributed by atoms with E-state index in [1.807, 2.05) is 97.2 Å². The molecule has 220 valence electrons. The van der Waals surface area contributed by atoms with Gasteiger partial charge in [0.25, 0.3) is 0 Å². The van der Waals surface area contributed by atoms with E-state index in [0.717, 1.165) is 71.9 Å². The number of rotatable bonds is 5. The lowest BCUT2D eigenvalue weighted by Crippen LogP contribution is -2.00. The molecule has 9 aromatic rings. The molecule has 47 heavy (non-hydrogen) atoms. The molecule has 0 radical (unpaired) electrons. The van der Waals surface area contributed by atoms with Crippen LogP contribution >= 0.6 is 0 Å². The van der Waals surface area contributed by atoms with Crippen LogP contribution in [0.1, 0.15) is 0 Å². The average Bonchev–Trinajstić information content (AvgIpc) is 3.53. The lowest BCUT2D eigenvalue weighted by atomic mass is 9.98. The third-order valence-corrected chi connectivity index (χ3v) is 8.43. The molecular formula is C41H25N5O. The number of hydrogen-bond donors (Lipinski definition) is 0. The summed E-state index contributed by atoms with van der Waals surface area (Å²) in [5.41, 5.74) is 8.21. The largest absolute Gasteiger partial charge is 0.454 e. The van der Waals surface area contributed by atoms with Gasteiger partial charge in [-0.05, 0) is 46.8 Å². The minimum atomic E-state index is 0.625. The van der Waals surface area contributed by atoms with Crippen LogP contribution in [0.3, 0.4) is 0 Å². The number of para-hydroxylation sites is 1. The molecule has 0 spiro atoms. The monoisotopic (exact) mass is 603 g/mol. The topological polar surface area (TPSA) is 77.6 Å². The Hall–Kier alpha value is -6.53. The van der Waals surface area contributed by atoms with E-state index in [-0.39, 0.29) is 0 Å². The maximum atomic E-state index is 6.00. The van der Waals surface area contributed by atoms with E-state index in [1.54, 1.807) is 6.20 Å². The van der Waals surface area contributed by atoms with Crippen LogP contribution in [0, 0.1) is 0 Å². The summed E-state index contributed by atoms with van der Waals surface area (Å²) in [7, 11) is 0. The number of fused-ring (bicyclic) bond motifs is 4. The fourth-order valence-corrected chi connectivity index (χ4v) is 6.10. The summed E-state index contributed by atoms with van der Waals surface area (Å²) in [6.07, 6.45) is 3.64. The number of aromatic nitrogens is 5. The fourth-order valence-electron chi connectivity index (χ4n) is 6.10. The Morgan fingerprint density at radius 1 is 0.404 bits per heavy atom. The molecule has 0 atom stereocenters. The molecule has 5 aromatic carbocycles. The Bertz CT molecular complexity index is 2520.